The average molecular weight is 317 g/mol. The minimum Gasteiger partial charge on any atom is -0.465 e. The SMILES string of the molecule is COC(=O)c1cccc(N)c1N1CCN(CC(F)(F)F)CC1. The third-order valence-electron chi connectivity index (χ3n) is 3.56. The monoisotopic (exact) mass is 317 g/mol. The molecule has 1 aliphatic rings. The number of hydrogen-bond donors (Lipinski definition) is 1. The van der Waals surface area contributed by atoms with E-state index >= 15 is 0 Å². The average Bonchev–Trinajstić information content (AvgIpc) is 2.45. The van der Waals surface area contributed by atoms with Crippen LogP contribution >= 0.6 is 0 Å². The lowest BCUT2D eigenvalue weighted by atomic mass is 10.1. The Labute approximate surface area is 126 Å². The van der Waals surface area contributed by atoms with Crippen LogP contribution in [-0.2, 0) is 4.74 Å². The largest absolute Gasteiger partial charge is 0.465 e. The van der Waals surface area contributed by atoms with Crippen LogP contribution in [0.1, 0.15) is 10.4 Å². The van der Waals surface area contributed by atoms with Gasteiger partial charge in [0.2, 0.25) is 0 Å². The smallest absolute Gasteiger partial charge is 0.401 e. The predicted octanol–water partition coefficient (Wildman–Crippen LogP) is 1.74. The fourth-order valence-corrected chi connectivity index (χ4v) is 2.57. The molecular formula is C14H18F3N3O2. The van der Waals surface area contributed by atoms with Gasteiger partial charge in [0, 0.05) is 26.2 Å². The Hall–Kier alpha value is -1.96. The number of nitrogens with zero attached hydrogens (tertiary/aromatic N) is 2. The molecule has 0 aromatic heterocycles. The molecule has 5 nitrogen and oxygen atoms in total. The fraction of sp³-hybridized carbons (Fsp3) is 0.500. The Morgan fingerprint density at radius 1 is 1.27 bits per heavy atom. The first kappa shape index (κ1) is 16.4. The molecule has 122 valence electrons. The van der Waals surface area contributed by atoms with Crippen molar-refractivity contribution in [2.45, 2.75) is 6.18 Å². The zero-order chi connectivity index (χ0) is 16.3. The number of alkyl halides is 3. The number of nitrogen functional groups attached to an aromatic ring is 1. The highest BCUT2D eigenvalue weighted by atomic mass is 19.4. The van der Waals surface area contributed by atoms with Gasteiger partial charge < -0.3 is 15.4 Å². The summed E-state index contributed by atoms with van der Waals surface area (Å²) in [5.74, 6) is -0.514. The van der Waals surface area contributed by atoms with E-state index < -0.39 is 18.7 Å². The second-order valence-corrected chi connectivity index (χ2v) is 5.11. The van der Waals surface area contributed by atoms with Crippen LogP contribution in [0.5, 0.6) is 0 Å². The standard InChI is InChI=1S/C14H18F3N3O2/c1-22-13(21)10-3-2-4-11(18)12(10)20-7-5-19(6-8-20)9-14(15,16)17/h2-4H,5-9,18H2,1H3. The van der Waals surface area contributed by atoms with E-state index in [2.05, 4.69) is 0 Å². The molecule has 1 fully saturated rings. The molecule has 0 bridgehead atoms. The first-order chi connectivity index (χ1) is 10.3. The van der Waals surface area contributed by atoms with Gasteiger partial charge in [0.15, 0.2) is 0 Å². The molecule has 1 saturated heterocycles. The first-order valence-corrected chi connectivity index (χ1v) is 6.82. The maximum absolute atomic E-state index is 12.4. The van der Waals surface area contributed by atoms with Crippen molar-refractivity contribution in [3.05, 3.63) is 23.8 Å². The van der Waals surface area contributed by atoms with E-state index in [1.54, 1.807) is 18.2 Å². The van der Waals surface area contributed by atoms with Crippen LogP contribution in [-0.4, -0.2) is 56.9 Å². The highest BCUT2D eigenvalue weighted by Crippen LogP contribution is 2.30. The molecule has 0 amide bonds. The molecule has 1 aliphatic heterocycles. The number of piperazine rings is 1. The molecule has 22 heavy (non-hydrogen) atoms. The van der Waals surface area contributed by atoms with Crippen molar-refractivity contribution >= 4 is 17.3 Å². The van der Waals surface area contributed by atoms with Crippen molar-refractivity contribution in [3.63, 3.8) is 0 Å². The maximum atomic E-state index is 12.4. The van der Waals surface area contributed by atoms with Gasteiger partial charge >= 0.3 is 12.1 Å². The van der Waals surface area contributed by atoms with E-state index in [4.69, 9.17) is 10.5 Å². The van der Waals surface area contributed by atoms with Gasteiger partial charge in [-0.25, -0.2) is 4.79 Å². The predicted molar refractivity (Wildman–Crippen MR) is 76.9 cm³/mol. The Morgan fingerprint density at radius 2 is 1.91 bits per heavy atom. The number of benzene rings is 1. The topological polar surface area (TPSA) is 58.8 Å². The van der Waals surface area contributed by atoms with Crippen LogP contribution in [0.15, 0.2) is 18.2 Å². The Morgan fingerprint density at radius 3 is 2.45 bits per heavy atom. The molecule has 0 aliphatic carbocycles. The van der Waals surface area contributed by atoms with E-state index in [0.717, 1.165) is 0 Å². The van der Waals surface area contributed by atoms with Crippen LogP contribution in [0.4, 0.5) is 24.5 Å². The van der Waals surface area contributed by atoms with Crippen molar-refractivity contribution < 1.29 is 22.7 Å². The van der Waals surface area contributed by atoms with Crippen LogP contribution in [0, 0.1) is 0 Å². The second-order valence-electron chi connectivity index (χ2n) is 5.11. The lowest BCUT2D eigenvalue weighted by molar-refractivity contribution is -0.146. The summed E-state index contributed by atoms with van der Waals surface area (Å²) < 4.78 is 41.9. The summed E-state index contributed by atoms with van der Waals surface area (Å²) in [6, 6.07) is 4.90. The van der Waals surface area contributed by atoms with Crippen molar-refractivity contribution in [2.75, 3.05) is 50.5 Å². The highest BCUT2D eigenvalue weighted by Gasteiger charge is 2.33. The van der Waals surface area contributed by atoms with E-state index in [1.807, 2.05) is 4.90 Å². The summed E-state index contributed by atoms with van der Waals surface area (Å²) in [7, 11) is 1.27. The first-order valence-electron chi connectivity index (χ1n) is 6.82. The van der Waals surface area contributed by atoms with Crippen LogP contribution in [0.2, 0.25) is 0 Å². The van der Waals surface area contributed by atoms with E-state index in [1.165, 1.54) is 12.0 Å². The lowest BCUT2D eigenvalue weighted by Crippen LogP contribution is -2.49. The van der Waals surface area contributed by atoms with Gasteiger partial charge in [-0.2, -0.15) is 13.2 Å². The minimum atomic E-state index is -4.20. The zero-order valence-corrected chi connectivity index (χ0v) is 12.2. The number of carbonyl (C=O) groups is 1. The normalized spacial score (nSPS) is 16.6. The van der Waals surface area contributed by atoms with Crippen LogP contribution in [0.25, 0.3) is 0 Å². The quantitative estimate of drug-likeness (QED) is 0.680. The zero-order valence-electron chi connectivity index (χ0n) is 12.2. The van der Waals surface area contributed by atoms with Crippen molar-refractivity contribution in [1.82, 2.24) is 4.90 Å². The molecule has 0 saturated carbocycles. The molecule has 0 unspecified atom stereocenters. The molecule has 1 aromatic carbocycles. The van der Waals surface area contributed by atoms with Gasteiger partial charge in [-0.1, -0.05) is 6.07 Å². The molecule has 0 radical (unpaired) electrons. The second kappa shape index (κ2) is 6.43. The Bertz CT molecular complexity index is 541. The molecule has 2 rings (SSSR count). The molecule has 0 spiro atoms. The molecule has 0 atom stereocenters. The Balaban J connectivity index is 2.13. The van der Waals surface area contributed by atoms with Gasteiger partial charge in [-0.15, -0.1) is 0 Å². The molecule has 1 aromatic rings. The summed E-state index contributed by atoms with van der Waals surface area (Å²) in [5.41, 5.74) is 7.20. The number of halogens is 3. The number of para-hydroxylation sites is 1. The van der Waals surface area contributed by atoms with E-state index in [9.17, 15) is 18.0 Å². The summed E-state index contributed by atoms with van der Waals surface area (Å²) >= 11 is 0. The van der Waals surface area contributed by atoms with Crippen LogP contribution < -0.4 is 10.6 Å². The number of nitrogens with two attached hydrogens (primary N) is 1. The highest BCUT2D eigenvalue weighted by molar-refractivity contribution is 5.99. The number of rotatable bonds is 3. The minimum absolute atomic E-state index is 0.258. The fourth-order valence-electron chi connectivity index (χ4n) is 2.57. The lowest BCUT2D eigenvalue weighted by Gasteiger charge is -2.37. The van der Waals surface area contributed by atoms with E-state index in [0.29, 0.717) is 30.0 Å². The summed E-state index contributed by atoms with van der Waals surface area (Å²) in [4.78, 5) is 15.0. The number of hydrogen-bond acceptors (Lipinski definition) is 5. The van der Waals surface area contributed by atoms with Crippen molar-refractivity contribution in [2.24, 2.45) is 0 Å². The van der Waals surface area contributed by atoms with Gasteiger partial charge in [-0.3, -0.25) is 4.90 Å². The number of carbonyl (C=O) groups excluding carboxylic acids is 1. The summed E-state index contributed by atoms with van der Waals surface area (Å²) in [6.07, 6.45) is -4.20. The molecule has 8 heteroatoms. The number of methoxy groups -OCH3 is 1. The van der Waals surface area contributed by atoms with Crippen molar-refractivity contribution in [1.29, 1.82) is 0 Å². The summed E-state index contributed by atoms with van der Waals surface area (Å²) in [6.45, 7) is 0.334. The number of esters is 1. The molecular weight excluding hydrogens is 299 g/mol. The number of ether oxygens (including phenoxy) is 1. The third kappa shape index (κ3) is 3.82. The Kier molecular flexibility index (Phi) is 4.80. The van der Waals surface area contributed by atoms with Gasteiger partial charge in [-0.05, 0) is 12.1 Å². The van der Waals surface area contributed by atoms with Gasteiger partial charge in [0.05, 0.1) is 30.6 Å². The molecule has 2 N–H and O–H groups in total. The van der Waals surface area contributed by atoms with Crippen LogP contribution in [0.3, 0.4) is 0 Å². The molecule has 1 heterocycles. The maximum Gasteiger partial charge on any atom is 0.401 e. The van der Waals surface area contributed by atoms with E-state index in [-0.39, 0.29) is 13.1 Å². The van der Waals surface area contributed by atoms with Crippen molar-refractivity contribution in [3.8, 4) is 0 Å². The van der Waals surface area contributed by atoms with Gasteiger partial charge in [0.1, 0.15) is 0 Å². The van der Waals surface area contributed by atoms with Gasteiger partial charge in [0.25, 0.3) is 0 Å². The number of anilines is 2. The third-order valence-corrected chi connectivity index (χ3v) is 3.56. The summed E-state index contributed by atoms with van der Waals surface area (Å²) in [5, 5.41) is 0.